The fourth-order valence-corrected chi connectivity index (χ4v) is 14.5. The van der Waals surface area contributed by atoms with Gasteiger partial charge >= 0.3 is 39.5 Å². The van der Waals surface area contributed by atoms with Crippen molar-refractivity contribution in [2.75, 3.05) is 39.6 Å². The molecule has 0 fully saturated rings. The number of carbonyl (C=O) groups excluding carboxylic acids is 4. The maximum Gasteiger partial charge on any atom is 0.472 e. The Morgan fingerprint density at radius 1 is 0.243 bits per heavy atom. The molecule has 3 N–H and O–H groups in total. The van der Waals surface area contributed by atoms with Gasteiger partial charge in [0, 0.05) is 25.7 Å². The molecule has 0 aromatic heterocycles. The van der Waals surface area contributed by atoms with Gasteiger partial charge in [0.2, 0.25) is 0 Å². The van der Waals surface area contributed by atoms with E-state index in [0.29, 0.717) is 31.6 Å². The summed E-state index contributed by atoms with van der Waals surface area (Å²) >= 11 is 0. The van der Waals surface area contributed by atoms with E-state index in [1.54, 1.807) is 0 Å². The largest absolute Gasteiger partial charge is 0.472 e. The van der Waals surface area contributed by atoms with E-state index in [0.717, 1.165) is 114 Å². The summed E-state index contributed by atoms with van der Waals surface area (Å²) in [4.78, 5) is 73.1. The maximum absolute atomic E-state index is 13.1. The average Bonchev–Trinajstić information content (AvgIpc) is 0.910. The van der Waals surface area contributed by atoms with Gasteiger partial charge < -0.3 is 33.8 Å². The molecule has 5 atom stereocenters. The van der Waals surface area contributed by atoms with Crippen LogP contribution in [0.15, 0.2) is 0 Å². The third-order valence-electron chi connectivity index (χ3n) is 19.6. The summed E-state index contributed by atoms with van der Waals surface area (Å²) < 4.78 is 68.8. The van der Waals surface area contributed by atoms with Crippen LogP contribution < -0.4 is 0 Å². The van der Waals surface area contributed by atoms with Gasteiger partial charge in [-0.25, -0.2) is 9.13 Å². The van der Waals surface area contributed by atoms with Crippen LogP contribution in [0, 0.1) is 23.7 Å². The Hall–Kier alpha value is -1.94. The molecular formula is C84H164O17P2. The molecule has 0 bridgehead atoms. The summed E-state index contributed by atoms with van der Waals surface area (Å²) in [6.07, 6.45) is 61.2. The second-order valence-corrected chi connectivity index (χ2v) is 35.0. The van der Waals surface area contributed by atoms with E-state index in [1.807, 2.05) is 0 Å². The molecule has 3 unspecified atom stereocenters. The van der Waals surface area contributed by atoms with Crippen molar-refractivity contribution in [2.45, 2.75) is 453 Å². The van der Waals surface area contributed by atoms with Crippen LogP contribution in [-0.4, -0.2) is 96.7 Å². The van der Waals surface area contributed by atoms with Crippen LogP contribution in [0.1, 0.15) is 434 Å². The van der Waals surface area contributed by atoms with Crippen molar-refractivity contribution in [1.29, 1.82) is 0 Å². The highest BCUT2D eigenvalue weighted by atomic mass is 31.2. The lowest BCUT2D eigenvalue weighted by Gasteiger charge is -2.21. The number of carbonyl (C=O) groups is 4. The highest BCUT2D eigenvalue weighted by molar-refractivity contribution is 7.47. The minimum Gasteiger partial charge on any atom is -0.462 e. The zero-order valence-electron chi connectivity index (χ0n) is 68.0. The Morgan fingerprint density at radius 3 is 0.602 bits per heavy atom. The topological polar surface area (TPSA) is 237 Å². The van der Waals surface area contributed by atoms with Crippen LogP contribution in [0.25, 0.3) is 0 Å². The number of aliphatic hydroxyl groups excluding tert-OH is 1. The molecule has 0 aliphatic heterocycles. The second-order valence-electron chi connectivity index (χ2n) is 32.1. The van der Waals surface area contributed by atoms with Gasteiger partial charge in [0.1, 0.15) is 19.3 Å². The number of phosphoric acid groups is 2. The van der Waals surface area contributed by atoms with E-state index in [4.69, 9.17) is 37.0 Å². The van der Waals surface area contributed by atoms with Crippen molar-refractivity contribution in [3.63, 3.8) is 0 Å². The number of hydrogen-bond acceptors (Lipinski definition) is 15. The third-order valence-corrected chi connectivity index (χ3v) is 21.5. The first kappa shape index (κ1) is 101. The van der Waals surface area contributed by atoms with Crippen molar-refractivity contribution in [3.05, 3.63) is 0 Å². The predicted molar refractivity (Wildman–Crippen MR) is 423 cm³/mol. The monoisotopic (exact) mass is 1510 g/mol. The van der Waals surface area contributed by atoms with Crippen LogP contribution in [0.3, 0.4) is 0 Å². The number of aliphatic hydroxyl groups is 1. The summed E-state index contributed by atoms with van der Waals surface area (Å²) in [6.45, 7) is 14.3. The van der Waals surface area contributed by atoms with Crippen LogP contribution in [0.2, 0.25) is 0 Å². The molecule has 0 rings (SSSR count). The van der Waals surface area contributed by atoms with E-state index in [2.05, 4.69) is 55.4 Å². The van der Waals surface area contributed by atoms with E-state index < -0.39 is 97.5 Å². The fourth-order valence-electron chi connectivity index (χ4n) is 13.0. The van der Waals surface area contributed by atoms with E-state index in [-0.39, 0.29) is 25.7 Å². The number of phosphoric ester groups is 2. The lowest BCUT2D eigenvalue weighted by molar-refractivity contribution is -0.161. The molecule has 0 amide bonds. The SMILES string of the molecule is CC(C)CCCCCCCCCCCCCCCCCCCCC(=O)OC[C@H](COP(=O)(O)OCC(O)COP(=O)(O)OC[C@@H](COC(=O)CCCCCCCCCC(C)C)OC(=O)CCCCCCCCCCCCCC(C)C)OC(=O)CCCCCCCCCCCCCCCCCC(C)C. The maximum atomic E-state index is 13.1. The summed E-state index contributed by atoms with van der Waals surface area (Å²) in [5.41, 5.74) is 0. The van der Waals surface area contributed by atoms with Crippen molar-refractivity contribution in [3.8, 4) is 0 Å². The fraction of sp³-hybridized carbons (Fsp3) is 0.952. The molecule has 0 saturated carbocycles. The Morgan fingerprint density at radius 2 is 0.408 bits per heavy atom. The molecule has 19 heteroatoms. The van der Waals surface area contributed by atoms with Crippen LogP contribution in [0.4, 0.5) is 0 Å². The predicted octanol–water partition coefficient (Wildman–Crippen LogP) is 25.2. The zero-order chi connectivity index (χ0) is 76.0. The van der Waals surface area contributed by atoms with Gasteiger partial charge in [-0.1, -0.05) is 383 Å². The van der Waals surface area contributed by atoms with Gasteiger partial charge in [-0.15, -0.1) is 0 Å². The number of ether oxygens (including phenoxy) is 4. The van der Waals surface area contributed by atoms with Crippen LogP contribution in [0.5, 0.6) is 0 Å². The third kappa shape index (κ3) is 78.0. The zero-order valence-corrected chi connectivity index (χ0v) is 69.7. The number of rotatable bonds is 81. The first-order valence-corrected chi connectivity index (χ1v) is 46.2. The minimum atomic E-state index is -4.97. The van der Waals surface area contributed by atoms with Crippen molar-refractivity contribution < 1.29 is 80.2 Å². The normalized spacial score (nSPS) is 14.0. The molecule has 17 nitrogen and oxygen atoms in total. The lowest BCUT2D eigenvalue weighted by atomic mass is 10.0. The highest BCUT2D eigenvalue weighted by Gasteiger charge is 2.30. The van der Waals surface area contributed by atoms with Crippen LogP contribution >= 0.6 is 15.6 Å². The molecule has 0 aromatic rings. The minimum absolute atomic E-state index is 0.106. The summed E-state index contributed by atoms with van der Waals surface area (Å²) in [5, 5.41) is 10.7. The van der Waals surface area contributed by atoms with Gasteiger partial charge in [0.05, 0.1) is 26.4 Å². The first-order valence-electron chi connectivity index (χ1n) is 43.2. The average molecular weight is 1510 g/mol. The summed E-state index contributed by atoms with van der Waals surface area (Å²) in [6, 6.07) is 0. The van der Waals surface area contributed by atoms with Crippen LogP contribution in [-0.2, 0) is 65.4 Å². The van der Waals surface area contributed by atoms with Gasteiger partial charge in [-0.05, 0) is 49.4 Å². The van der Waals surface area contributed by atoms with E-state index >= 15 is 0 Å². The highest BCUT2D eigenvalue weighted by Crippen LogP contribution is 2.45. The smallest absolute Gasteiger partial charge is 0.462 e. The molecule has 0 spiro atoms. The van der Waals surface area contributed by atoms with Gasteiger partial charge in [0.25, 0.3) is 0 Å². The van der Waals surface area contributed by atoms with Crippen molar-refractivity contribution in [2.24, 2.45) is 23.7 Å². The summed E-state index contributed by atoms with van der Waals surface area (Å²) in [7, 11) is -9.93. The van der Waals surface area contributed by atoms with Gasteiger partial charge in [-0.3, -0.25) is 37.3 Å². The van der Waals surface area contributed by atoms with Crippen molar-refractivity contribution in [1.82, 2.24) is 0 Å². The quantitative estimate of drug-likeness (QED) is 0.0222. The second kappa shape index (κ2) is 72.9. The molecule has 0 heterocycles. The molecular weight excluding hydrogens is 1340 g/mol. The molecule has 0 aliphatic rings. The molecule has 612 valence electrons. The molecule has 0 radical (unpaired) electrons. The molecule has 0 aliphatic carbocycles. The lowest BCUT2D eigenvalue weighted by Crippen LogP contribution is -2.30. The van der Waals surface area contributed by atoms with E-state index in [1.165, 1.54) is 231 Å². The Labute approximate surface area is 632 Å². The Balaban J connectivity index is 5.22. The summed E-state index contributed by atoms with van der Waals surface area (Å²) in [5.74, 6) is 0.985. The number of hydrogen-bond donors (Lipinski definition) is 3. The molecule has 0 saturated heterocycles. The number of esters is 4. The van der Waals surface area contributed by atoms with Gasteiger partial charge in [0.15, 0.2) is 12.2 Å². The van der Waals surface area contributed by atoms with Gasteiger partial charge in [-0.2, -0.15) is 0 Å². The Bertz CT molecular complexity index is 2010. The first-order chi connectivity index (χ1) is 49.6. The molecule has 103 heavy (non-hydrogen) atoms. The molecule has 0 aromatic carbocycles. The number of unbranched alkanes of at least 4 members (excludes halogenated alkanes) is 47. The van der Waals surface area contributed by atoms with E-state index in [9.17, 15) is 43.2 Å². The Kier molecular flexibility index (Phi) is 71.5. The van der Waals surface area contributed by atoms with Crippen molar-refractivity contribution >= 4 is 39.5 Å². The standard InChI is InChI=1S/C84H164O17P2/c1-74(2)60-52-44-36-29-23-18-14-11-9-10-12-16-20-26-32-40-48-56-64-81(86)94-70-79(100-83(88)66-58-50-41-33-27-21-17-13-15-19-24-30-37-45-53-61-75(3)4)72-98-102(90,91)96-68-78(85)69-97-103(92,93)99-73-80(71-95-82(87)65-57-49-43-35-39-47-55-63-77(7)8)101-84(89)67-59-51-42-34-28-22-25-31-38-46-54-62-76(5)6/h74-80,85H,9-73H2,1-8H3,(H,90,91)(H,92,93)/t78?,79-,80-/m1/s1.